The summed E-state index contributed by atoms with van der Waals surface area (Å²) >= 11 is -0.756. The molecule has 0 saturated carbocycles. The van der Waals surface area contributed by atoms with Gasteiger partial charge in [-0.3, -0.25) is 9.83 Å². The van der Waals surface area contributed by atoms with E-state index in [2.05, 4.69) is 15.1 Å². The van der Waals surface area contributed by atoms with Gasteiger partial charge in [0.2, 0.25) is 0 Å². The van der Waals surface area contributed by atoms with Crippen LogP contribution < -0.4 is 11.0 Å². The van der Waals surface area contributed by atoms with Crippen molar-refractivity contribution in [2.75, 3.05) is 0 Å². The Morgan fingerprint density at radius 1 is 1.70 bits per heavy atom. The predicted octanol–water partition coefficient (Wildman–Crippen LogP) is -1.06. The standard InChI is InChI=1S/C2H3F2NO4S/c3-2(4,1(5)6)10-9-8-7/h7H,(H2,5,6)/p-1. The summed E-state index contributed by atoms with van der Waals surface area (Å²) in [6, 6.07) is 0. The van der Waals surface area contributed by atoms with Gasteiger partial charge in [0.1, 0.15) is 12.0 Å². The first-order chi connectivity index (χ1) is 4.50. The molecule has 5 nitrogen and oxygen atoms in total. The van der Waals surface area contributed by atoms with Crippen molar-refractivity contribution >= 4 is 17.9 Å². The summed E-state index contributed by atoms with van der Waals surface area (Å²) in [4.78, 5) is 9.74. The van der Waals surface area contributed by atoms with E-state index in [1.54, 1.807) is 0 Å². The average Bonchev–Trinajstić information content (AvgIpc) is 1.84. The minimum Gasteiger partial charge on any atom is -0.691 e. The van der Waals surface area contributed by atoms with E-state index < -0.39 is 23.2 Å². The van der Waals surface area contributed by atoms with Crippen molar-refractivity contribution < 1.29 is 28.2 Å². The summed E-state index contributed by atoms with van der Waals surface area (Å²) < 4.78 is 26.9. The zero-order valence-electron chi connectivity index (χ0n) is 4.37. The molecule has 0 spiro atoms. The van der Waals surface area contributed by atoms with Crippen LogP contribution in [-0.2, 0) is 14.2 Å². The highest BCUT2D eigenvalue weighted by molar-refractivity contribution is 7.96. The second kappa shape index (κ2) is 3.66. The molecule has 60 valence electrons. The molecule has 8 heteroatoms. The van der Waals surface area contributed by atoms with Gasteiger partial charge in [0.15, 0.2) is 0 Å². The first-order valence-corrected chi connectivity index (χ1v) is 2.57. The quantitative estimate of drug-likeness (QED) is 0.333. The van der Waals surface area contributed by atoms with Crippen LogP contribution in [0.2, 0.25) is 0 Å². The molecule has 0 rings (SSSR count). The maximum atomic E-state index is 11.9. The van der Waals surface area contributed by atoms with E-state index in [4.69, 9.17) is 5.26 Å². The summed E-state index contributed by atoms with van der Waals surface area (Å²) in [7, 11) is 0. The lowest BCUT2D eigenvalue weighted by atomic mass is 10.7. The number of nitrogens with two attached hydrogens (primary N) is 1. The number of alkyl halides is 2. The predicted molar refractivity (Wildman–Crippen MR) is 23.9 cm³/mol. The van der Waals surface area contributed by atoms with Crippen LogP contribution in [0.4, 0.5) is 8.78 Å². The fraction of sp³-hybridized carbons (Fsp3) is 0.500. The van der Waals surface area contributed by atoms with Crippen LogP contribution in [0.5, 0.6) is 0 Å². The molecular formula is C2H2F2NO4S-. The van der Waals surface area contributed by atoms with Gasteiger partial charge in [-0.05, 0) is 0 Å². The summed E-state index contributed by atoms with van der Waals surface area (Å²) in [5.74, 6) is -1.91. The normalized spacial score (nSPS) is 11.5. The van der Waals surface area contributed by atoms with Gasteiger partial charge in [-0.15, -0.1) is 0 Å². The molecule has 10 heavy (non-hydrogen) atoms. The minimum absolute atomic E-state index is 0.756. The van der Waals surface area contributed by atoms with E-state index in [1.165, 1.54) is 0 Å². The van der Waals surface area contributed by atoms with Gasteiger partial charge in [-0.1, -0.05) is 0 Å². The lowest BCUT2D eigenvalue weighted by Crippen LogP contribution is -2.32. The van der Waals surface area contributed by atoms with E-state index in [1.807, 2.05) is 0 Å². The van der Waals surface area contributed by atoms with E-state index in [9.17, 15) is 13.6 Å². The topological polar surface area (TPSA) is 84.6 Å². The first kappa shape index (κ1) is 9.56. The van der Waals surface area contributed by atoms with Crippen LogP contribution in [0, 0.1) is 0 Å². The molecule has 0 fully saturated rings. The fourth-order valence-electron chi connectivity index (χ4n) is 0.0977. The largest absolute Gasteiger partial charge is 0.691 e. The Balaban J connectivity index is 3.75. The summed E-state index contributed by atoms with van der Waals surface area (Å²) in [6.45, 7) is 0. The van der Waals surface area contributed by atoms with Crippen molar-refractivity contribution in [3.8, 4) is 0 Å². The van der Waals surface area contributed by atoms with Crippen molar-refractivity contribution in [1.82, 2.24) is 0 Å². The molecule has 0 radical (unpaired) electrons. The molecule has 1 amide bonds. The van der Waals surface area contributed by atoms with Crippen molar-refractivity contribution in [3.05, 3.63) is 0 Å². The van der Waals surface area contributed by atoms with Crippen LogP contribution in [0.1, 0.15) is 0 Å². The van der Waals surface area contributed by atoms with Crippen LogP contribution >= 0.6 is 12.0 Å². The molecular weight excluding hydrogens is 172 g/mol. The molecule has 0 aromatic heterocycles. The van der Waals surface area contributed by atoms with Crippen molar-refractivity contribution in [2.45, 2.75) is 5.25 Å². The monoisotopic (exact) mass is 174 g/mol. The van der Waals surface area contributed by atoms with Crippen molar-refractivity contribution in [2.24, 2.45) is 5.73 Å². The van der Waals surface area contributed by atoms with Gasteiger partial charge in [-0.25, -0.2) is 0 Å². The molecule has 0 atom stereocenters. The number of amides is 1. The average molecular weight is 174 g/mol. The molecule has 0 unspecified atom stereocenters. The second-order valence-electron chi connectivity index (χ2n) is 1.10. The number of carbonyl (C=O) groups excluding carboxylic acids is 1. The Labute approximate surface area is 58.1 Å². The SMILES string of the molecule is NC(=O)C(F)(F)SOO[O-]. The molecule has 0 saturated heterocycles. The van der Waals surface area contributed by atoms with Gasteiger partial charge in [0.05, 0.1) is 0 Å². The van der Waals surface area contributed by atoms with E-state index in [0.717, 1.165) is 0 Å². The van der Waals surface area contributed by atoms with E-state index >= 15 is 0 Å². The van der Waals surface area contributed by atoms with Crippen molar-refractivity contribution in [3.63, 3.8) is 0 Å². The maximum Gasteiger partial charge on any atom is 0.397 e. The number of carbonyl (C=O) groups is 1. The zero-order chi connectivity index (χ0) is 8.20. The third kappa shape index (κ3) is 2.92. The molecule has 0 bridgehead atoms. The second-order valence-corrected chi connectivity index (χ2v) is 1.92. The molecule has 0 aromatic rings. The first-order valence-electron chi connectivity index (χ1n) is 1.82. The Morgan fingerprint density at radius 2 is 2.20 bits per heavy atom. The molecule has 2 N–H and O–H groups in total. The van der Waals surface area contributed by atoms with Crippen LogP contribution in [0.3, 0.4) is 0 Å². The Hall–Kier alpha value is -0.440. The third-order valence-corrected chi connectivity index (χ3v) is 0.987. The van der Waals surface area contributed by atoms with Gasteiger partial charge in [0.25, 0.3) is 0 Å². The van der Waals surface area contributed by atoms with Gasteiger partial charge >= 0.3 is 11.2 Å². The number of primary amides is 1. The molecule has 0 aliphatic carbocycles. The van der Waals surface area contributed by atoms with Crippen molar-refractivity contribution in [1.29, 1.82) is 0 Å². The van der Waals surface area contributed by atoms with Crippen LogP contribution in [0.25, 0.3) is 0 Å². The summed E-state index contributed by atoms with van der Waals surface area (Å²) in [5, 5.41) is 7.58. The lowest BCUT2D eigenvalue weighted by molar-refractivity contribution is -0.777. The van der Waals surface area contributed by atoms with Crippen LogP contribution in [0.15, 0.2) is 0 Å². The molecule has 0 aliphatic heterocycles. The smallest absolute Gasteiger partial charge is 0.397 e. The highest BCUT2D eigenvalue weighted by Crippen LogP contribution is 2.28. The third-order valence-electron chi connectivity index (χ3n) is 0.453. The van der Waals surface area contributed by atoms with Gasteiger partial charge in [-0.2, -0.15) is 13.1 Å². The summed E-state index contributed by atoms with van der Waals surface area (Å²) in [6.07, 6.45) is 0. The number of halogens is 2. The fourth-order valence-corrected chi connectivity index (χ4v) is 0.293. The number of hydrogen-bond donors (Lipinski definition) is 1. The highest BCUT2D eigenvalue weighted by atomic mass is 32.2. The van der Waals surface area contributed by atoms with Gasteiger partial charge in [0, 0.05) is 0 Å². The lowest BCUT2D eigenvalue weighted by Gasteiger charge is -2.10. The Kier molecular flexibility index (Phi) is 3.50. The van der Waals surface area contributed by atoms with E-state index in [0.29, 0.717) is 0 Å². The number of hydrogen-bond acceptors (Lipinski definition) is 5. The number of rotatable bonds is 4. The highest BCUT2D eigenvalue weighted by Gasteiger charge is 2.39. The summed E-state index contributed by atoms with van der Waals surface area (Å²) in [5.41, 5.74) is 4.16. The molecule has 0 aromatic carbocycles. The molecule has 0 heterocycles. The van der Waals surface area contributed by atoms with E-state index in [-0.39, 0.29) is 0 Å². The minimum atomic E-state index is -3.94. The van der Waals surface area contributed by atoms with Gasteiger partial charge < -0.3 is 11.0 Å². The van der Waals surface area contributed by atoms with Crippen LogP contribution in [-0.4, -0.2) is 11.2 Å². The zero-order valence-corrected chi connectivity index (χ0v) is 5.19. The molecule has 0 aliphatic rings. The Morgan fingerprint density at radius 3 is 2.50 bits per heavy atom. The Bertz CT molecular complexity index is 130. The maximum absolute atomic E-state index is 11.9.